The number of aromatic nitrogens is 3. The van der Waals surface area contributed by atoms with E-state index in [2.05, 4.69) is 14.8 Å². The van der Waals surface area contributed by atoms with Crippen molar-refractivity contribution in [2.24, 2.45) is 0 Å². The minimum absolute atomic E-state index is 0.375. The summed E-state index contributed by atoms with van der Waals surface area (Å²) in [7, 11) is 1.36. The van der Waals surface area contributed by atoms with Crippen LogP contribution in [-0.2, 0) is 4.74 Å². The Balaban J connectivity index is 2.46. The lowest BCUT2D eigenvalue weighted by Gasteiger charge is -2.07. The van der Waals surface area contributed by atoms with Crippen LogP contribution in [0.5, 0.6) is 0 Å². The summed E-state index contributed by atoms with van der Waals surface area (Å²) in [6, 6.07) is 5.45. The lowest BCUT2D eigenvalue weighted by molar-refractivity contribution is 0.0599. The van der Waals surface area contributed by atoms with Gasteiger partial charge in [-0.1, -0.05) is 0 Å². The maximum Gasteiger partial charge on any atom is 0.339 e. The van der Waals surface area contributed by atoms with Gasteiger partial charge in [-0.15, -0.1) is 0 Å². The Morgan fingerprint density at radius 1 is 1.28 bits per heavy atom. The molecule has 0 aliphatic carbocycles. The quantitative estimate of drug-likeness (QED) is 0.759. The number of rotatable bonds is 2. The van der Waals surface area contributed by atoms with Crippen LogP contribution in [0.2, 0.25) is 0 Å². The Labute approximate surface area is 105 Å². The zero-order valence-electron chi connectivity index (χ0n) is 10.9. The van der Waals surface area contributed by atoms with E-state index in [9.17, 15) is 4.79 Å². The zero-order valence-corrected chi connectivity index (χ0v) is 10.9. The van der Waals surface area contributed by atoms with Crippen molar-refractivity contribution in [3.63, 3.8) is 0 Å². The topological polar surface area (TPSA) is 57.0 Å². The summed E-state index contributed by atoms with van der Waals surface area (Å²) < 4.78 is 6.44. The van der Waals surface area contributed by atoms with Gasteiger partial charge in [0.2, 0.25) is 0 Å². The Morgan fingerprint density at radius 3 is 2.50 bits per heavy atom. The van der Waals surface area contributed by atoms with Gasteiger partial charge in [0.25, 0.3) is 0 Å². The molecule has 0 radical (unpaired) electrons. The SMILES string of the molecule is COC(=O)c1ccc(-n2nc(C)cc2C)nc1C. The van der Waals surface area contributed by atoms with E-state index < -0.39 is 0 Å². The summed E-state index contributed by atoms with van der Waals surface area (Å²) in [5.41, 5.74) is 3.05. The van der Waals surface area contributed by atoms with Gasteiger partial charge in [-0.25, -0.2) is 14.5 Å². The molecule has 0 amide bonds. The van der Waals surface area contributed by atoms with Gasteiger partial charge in [0.05, 0.1) is 24.1 Å². The minimum Gasteiger partial charge on any atom is -0.465 e. The number of ether oxygens (including phenoxy) is 1. The van der Waals surface area contributed by atoms with Gasteiger partial charge in [-0.3, -0.25) is 0 Å². The molecule has 5 nitrogen and oxygen atoms in total. The van der Waals surface area contributed by atoms with Crippen LogP contribution in [0.3, 0.4) is 0 Å². The molecule has 94 valence electrons. The second-order valence-electron chi connectivity index (χ2n) is 4.13. The molecule has 2 heterocycles. The van der Waals surface area contributed by atoms with Crippen molar-refractivity contribution in [1.82, 2.24) is 14.8 Å². The first-order chi connectivity index (χ1) is 8.52. The highest BCUT2D eigenvalue weighted by Crippen LogP contribution is 2.13. The van der Waals surface area contributed by atoms with Gasteiger partial charge in [-0.05, 0) is 39.0 Å². The maximum absolute atomic E-state index is 11.5. The van der Waals surface area contributed by atoms with Crippen molar-refractivity contribution in [3.05, 3.63) is 40.8 Å². The van der Waals surface area contributed by atoms with Gasteiger partial charge in [0.15, 0.2) is 5.82 Å². The fourth-order valence-corrected chi connectivity index (χ4v) is 1.85. The lowest BCUT2D eigenvalue weighted by atomic mass is 10.2. The number of pyridine rings is 1. The van der Waals surface area contributed by atoms with E-state index in [1.165, 1.54) is 7.11 Å². The minimum atomic E-state index is -0.375. The van der Waals surface area contributed by atoms with Gasteiger partial charge >= 0.3 is 5.97 Å². The van der Waals surface area contributed by atoms with E-state index >= 15 is 0 Å². The molecular weight excluding hydrogens is 230 g/mol. The van der Waals surface area contributed by atoms with Gasteiger partial charge in [0, 0.05) is 5.69 Å². The molecule has 0 bridgehead atoms. The predicted octanol–water partition coefficient (Wildman–Crippen LogP) is 1.98. The average Bonchev–Trinajstić information content (AvgIpc) is 2.67. The van der Waals surface area contributed by atoms with Crippen molar-refractivity contribution in [2.45, 2.75) is 20.8 Å². The smallest absolute Gasteiger partial charge is 0.339 e. The van der Waals surface area contributed by atoms with Crippen LogP contribution >= 0.6 is 0 Å². The van der Waals surface area contributed by atoms with Crippen LogP contribution in [0, 0.1) is 20.8 Å². The van der Waals surface area contributed by atoms with E-state index in [1.54, 1.807) is 23.7 Å². The molecular formula is C13H15N3O2. The van der Waals surface area contributed by atoms with E-state index in [1.807, 2.05) is 19.9 Å². The molecule has 0 fully saturated rings. The number of aryl methyl sites for hydroxylation is 3. The van der Waals surface area contributed by atoms with Crippen molar-refractivity contribution < 1.29 is 9.53 Å². The number of methoxy groups -OCH3 is 1. The van der Waals surface area contributed by atoms with Crippen molar-refractivity contribution >= 4 is 5.97 Å². The molecule has 2 rings (SSSR count). The van der Waals surface area contributed by atoms with Crippen molar-refractivity contribution in [3.8, 4) is 5.82 Å². The van der Waals surface area contributed by atoms with Crippen LogP contribution in [0.25, 0.3) is 5.82 Å². The zero-order chi connectivity index (χ0) is 13.3. The second kappa shape index (κ2) is 4.60. The third-order valence-corrected chi connectivity index (χ3v) is 2.70. The Morgan fingerprint density at radius 2 is 2.00 bits per heavy atom. The summed E-state index contributed by atoms with van der Waals surface area (Å²) in [6.45, 7) is 5.67. The number of hydrogen-bond acceptors (Lipinski definition) is 4. The third kappa shape index (κ3) is 2.11. The van der Waals surface area contributed by atoms with Gasteiger partial charge in [0.1, 0.15) is 0 Å². The van der Waals surface area contributed by atoms with Crippen molar-refractivity contribution in [1.29, 1.82) is 0 Å². The van der Waals surface area contributed by atoms with Crippen LogP contribution < -0.4 is 0 Å². The normalized spacial score (nSPS) is 10.4. The Kier molecular flexibility index (Phi) is 3.14. The van der Waals surface area contributed by atoms with E-state index in [0.29, 0.717) is 17.1 Å². The number of nitrogens with zero attached hydrogens (tertiary/aromatic N) is 3. The molecule has 0 saturated carbocycles. The molecule has 0 spiro atoms. The van der Waals surface area contributed by atoms with Gasteiger partial charge in [-0.2, -0.15) is 5.10 Å². The Hall–Kier alpha value is -2.17. The van der Waals surface area contributed by atoms with E-state index in [4.69, 9.17) is 0 Å². The molecule has 2 aromatic heterocycles. The number of esters is 1. The first-order valence-corrected chi connectivity index (χ1v) is 5.62. The predicted molar refractivity (Wildman–Crippen MR) is 66.9 cm³/mol. The molecule has 0 atom stereocenters. The Bertz CT molecular complexity index is 602. The molecule has 2 aromatic rings. The van der Waals surface area contributed by atoms with Crippen LogP contribution in [0.1, 0.15) is 27.4 Å². The largest absolute Gasteiger partial charge is 0.465 e. The van der Waals surface area contributed by atoms with Gasteiger partial charge < -0.3 is 4.74 Å². The summed E-state index contributed by atoms with van der Waals surface area (Å²) in [6.07, 6.45) is 0. The van der Waals surface area contributed by atoms with Crippen LogP contribution in [-0.4, -0.2) is 27.8 Å². The van der Waals surface area contributed by atoms with Crippen LogP contribution in [0.4, 0.5) is 0 Å². The molecule has 0 aromatic carbocycles. The molecule has 0 saturated heterocycles. The fraction of sp³-hybridized carbons (Fsp3) is 0.308. The average molecular weight is 245 g/mol. The highest BCUT2D eigenvalue weighted by Gasteiger charge is 2.12. The first kappa shape index (κ1) is 12.3. The summed E-state index contributed by atoms with van der Waals surface area (Å²) >= 11 is 0. The number of carbonyl (C=O) groups excluding carboxylic acids is 1. The maximum atomic E-state index is 11.5. The lowest BCUT2D eigenvalue weighted by Crippen LogP contribution is -2.09. The third-order valence-electron chi connectivity index (χ3n) is 2.70. The number of carbonyl (C=O) groups is 1. The van der Waals surface area contributed by atoms with E-state index in [0.717, 1.165) is 11.4 Å². The van der Waals surface area contributed by atoms with Crippen molar-refractivity contribution in [2.75, 3.05) is 7.11 Å². The standard InChI is InChI=1S/C13H15N3O2/c1-8-7-9(2)16(15-8)12-6-5-11(10(3)14-12)13(17)18-4/h5-7H,1-4H3. The molecule has 0 aliphatic rings. The molecule has 0 aliphatic heterocycles. The molecule has 0 N–H and O–H groups in total. The fourth-order valence-electron chi connectivity index (χ4n) is 1.85. The monoisotopic (exact) mass is 245 g/mol. The first-order valence-electron chi connectivity index (χ1n) is 5.62. The molecule has 18 heavy (non-hydrogen) atoms. The summed E-state index contributed by atoms with van der Waals surface area (Å²) in [5.74, 6) is 0.325. The highest BCUT2D eigenvalue weighted by atomic mass is 16.5. The second-order valence-corrected chi connectivity index (χ2v) is 4.13. The highest BCUT2D eigenvalue weighted by molar-refractivity contribution is 5.90. The molecule has 5 heteroatoms. The molecule has 0 unspecified atom stereocenters. The van der Waals surface area contributed by atoms with E-state index in [-0.39, 0.29) is 5.97 Å². The summed E-state index contributed by atoms with van der Waals surface area (Å²) in [5, 5.41) is 4.35. The number of hydrogen-bond donors (Lipinski definition) is 0. The van der Waals surface area contributed by atoms with Crippen LogP contribution in [0.15, 0.2) is 18.2 Å². The summed E-state index contributed by atoms with van der Waals surface area (Å²) in [4.78, 5) is 15.9.